The smallest absolute Gasteiger partial charge is 0.0164 e. The van der Waals surface area contributed by atoms with Crippen LogP contribution in [0.2, 0.25) is 0 Å². The molecule has 104 valence electrons. The van der Waals surface area contributed by atoms with E-state index in [-0.39, 0.29) is 0 Å². The Kier molecular flexibility index (Phi) is 13.9. The lowest BCUT2D eigenvalue weighted by molar-refractivity contribution is 0.480. The van der Waals surface area contributed by atoms with Crippen molar-refractivity contribution in [3.8, 4) is 0 Å². The van der Waals surface area contributed by atoms with Crippen LogP contribution in [0.15, 0.2) is 0 Å². The maximum absolute atomic E-state index is 3.58. The highest BCUT2D eigenvalue weighted by molar-refractivity contribution is 4.63. The minimum Gasteiger partial charge on any atom is -0.315 e. The van der Waals surface area contributed by atoms with Crippen LogP contribution in [0.4, 0.5) is 0 Å². The molecule has 0 aromatic heterocycles. The first-order chi connectivity index (χ1) is 8.31. The van der Waals surface area contributed by atoms with Crippen molar-refractivity contribution >= 4 is 0 Å². The minimum absolute atomic E-state index is 0.614. The minimum atomic E-state index is 0.614. The fourth-order valence-electron chi connectivity index (χ4n) is 1.97. The van der Waals surface area contributed by atoms with Crippen LogP contribution >= 0.6 is 0 Å². The molecule has 1 unspecified atom stereocenters. The zero-order valence-electron chi connectivity index (χ0n) is 12.4. The van der Waals surface area contributed by atoms with E-state index in [1.807, 2.05) is 0 Å². The zero-order valence-corrected chi connectivity index (χ0v) is 12.4. The lowest BCUT2D eigenvalue weighted by atomic mass is 10.2. The average molecular weight is 242 g/mol. The topological polar surface area (TPSA) is 24.1 Å². The fourth-order valence-corrected chi connectivity index (χ4v) is 1.97. The fraction of sp³-hybridized carbons (Fsp3) is 1.00. The van der Waals surface area contributed by atoms with Crippen molar-refractivity contribution in [1.29, 1.82) is 0 Å². The van der Waals surface area contributed by atoms with Gasteiger partial charge in [-0.25, -0.2) is 0 Å². The standard InChI is InChI=1S/C15H34N2/c1-4-6-8-10-12-16-14-15(3)17-13-11-9-7-5-2/h15-17H,4-14H2,1-3H3. The third kappa shape index (κ3) is 13.9. The van der Waals surface area contributed by atoms with Gasteiger partial charge in [-0.2, -0.15) is 0 Å². The van der Waals surface area contributed by atoms with E-state index in [1.165, 1.54) is 64.5 Å². The van der Waals surface area contributed by atoms with Crippen LogP contribution in [0, 0.1) is 0 Å². The molecule has 2 nitrogen and oxygen atoms in total. The van der Waals surface area contributed by atoms with Crippen molar-refractivity contribution in [1.82, 2.24) is 10.6 Å². The van der Waals surface area contributed by atoms with Gasteiger partial charge in [0.2, 0.25) is 0 Å². The highest BCUT2D eigenvalue weighted by Gasteiger charge is 1.99. The molecule has 0 aromatic rings. The molecule has 0 radical (unpaired) electrons. The molecule has 0 rings (SSSR count). The van der Waals surface area contributed by atoms with Crippen LogP contribution < -0.4 is 10.6 Å². The summed E-state index contributed by atoms with van der Waals surface area (Å²) in [6.07, 6.45) is 10.8. The molecule has 2 N–H and O–H groups in total. The summed E-state index contributed by atoms with van der Waals surface area (Å²) in [4.78, 5) is 0. The maximum atomic E-state index is 3.58. The average Bonchev–Trinajstić information content (AvgIpc) is 2.33. The monoisotopic (exact) mass is 242 g/mol. The first-order valence-electron chi connectivity index (χ1n) is 7.75. The van der Waals surface area contributed by atoms with E-state index < -0.39 is 0 Å². The van der Waals surface area contributed by atoms with Crippen LogP contribution in [-0.2, 0) is 0 Å². The van der Waals surface area contributed by atoms with E-state index in [9.17, 15) is 0 Å². The summed E-state index contributed by atoms with van der Waals surface area (Å²) in [6.45, 7) is 10.3. The van der Waals surface area contributed by atoms with Gasteiger partial charge >= 0.3 is 0 Å². The van der Waals surface area contributed by atoms with Gasteiger partial charge in [-0.1, -0.05) is 52.4 Å². The molecule has 17 heavy (non-hydrogen) atoms. The molecule has 0 aliphatic heterocycles. The lowest BCUT2D eigenvalue weighted by Crippen LogP contribution is -2.37. The number of hydrogen-bond donors (Lipinski definition) is 2. The van der Waals surface area contributed by atoms with Crippen molar-refractivity contribution in [3.05, 3.63) is 0 Å². The summed E-state index contributed by atoms with van der Waals surface area (Å²) < 4.78 is 0. The van der Waals surface area contributed by atoms with Gasteiger partial charge in [0.15, 0.2) is 0 Å². The van der Waals surface area contributed by atoms with E-state index >= 15 is 0 Å². The molecule has 0 spiro atoms. The summed E-state index contributed by atoms with van der Waals surface area (Å²) in [5.41, 5.74) is 0. The maximum Gasteiger partial charge on any atom is 0.0164 e. The van der Waals surface area contributed by atoms with Crippen molar-refractivity contribution < 1.29 is 0 Å². The van der Waals surface area contributed by atoms with Gasteiger partial charge in [-0.05, 0) is 32.9 Å². The normalized spacial score (nSPS) is 12.9. The molecule has 1 atom stereocenters. The Morgan fingerprint density at radius 3 is 1.94 bits per heavy atom. The number of hydrogen-bond acceptors (Lipinski definition) is 2. The third-order valence-corrected chi connectivity index (χ3v) is 3.18. The van der Waals surface area contributed by atoms with Gasteiger partial charge < -0.3 is 10.6 Å². The SMILES string of the molecule is CCCCCCNCC(C)NCCCCCC. The molecule has 0 saturated heterocycles. The van der Waals surface area contributed by atoms with Crippen LogP contribution in [0.5, 0.6) is 0 Å². The van der Waals surface area contributed by atoms with Crippen LogP contribution in [0.3, 0.4) is 0 Å². The van der Waals surface area contributed by atoms with Crippen molar-refractivity contribution in [3.63, 3.8) is 0 Å². The predicted octanol–water partition coefficient (Wildman–Crippen LogP) is 3.71. The molecule has 0 aliphatic carbocycles. The molecule has 0 bridgehead atoms. The molecular formula is C15H34N2. The van der Waals surface area contributed by atoms with E-state index in [2.05, 4.69) is 31.4 Å². The second kappa shape index (κ2) is 14.0. The van der Waals surface area contributed by atoms with Gasteiger partial charge in [-0.3, -0.25) is 0 Å². The molecular weight excluding hydrogens is 208 g/mol. The molecule has 0 heterocycles. The largest absolute Gasteiger partial charge is 0.315 e. The highest BCUT2D eigenvalue weighted by atomic mass is 15.0. The molecule has 0 aromatic carbocycles. The van der Waals surface area contributed by atoms with Crippen LogP contribution in [0.1, 0.15) is 72.1 Å². The number of unbranched alkanes of at least 4 members (excludes halogenated alkanes) is 6. The van der Waals surface area contributed by atoms with Crippen molar-refractivity contribution in [2.75, 3.05) is 19.6 Å². The van der Waals surface area contributed by atoms with E-state index in [4.69, 9.17) is 0 Å². The van der Waals surface area contributed by atoms with Gasteiger partial charge in [-0.15, -0.1) is 0 Å². The summed E-state index contributed by atoms with van der Waals surface area (Å²) in [5.74, 6) is 0. The second-order valence-electron chi connectivity index (χ2n) is 5.18. The van der Waals surface area contributed by atoms with Gasteiger partial charge in [0, 0.05) is 12.6 Å². The van der Waals surface area contributed by atoms with Gasteiger partial charge in [0.25, 0.3) is 0 Å². The first-order valence-corrected chi connectivity index (χ1v) is 7.75. The summed E-state index contributed by atoms with van der Waals surface area (Å²) in [7, 11) is 0. The molecule has 0 fully saturated rings. The molecule has 0 aliphatic rings. The summed E-state index contributed by atoms with van der Waals surface area (Å²) >= 11 is 0. The Balaban J connectivity index is 3.09. The Bertz CT molecular complexity index is 137. The predicted molar refractivity (Wildman–Crippen MR) is 78.6 cm³/mol. The molecule has 0 saturated carbocycles. The van der Waals surface area contributed by atoms with Crippen molar-refractivity contribution in [2.24, 2.45) is 0 Å². The van der Waals surface area contributed by atoms with E-state index in [0.717, 1.165) is 6.54 Å². The Morgan fingerprint density at radius 2 is 1.35 bits per heavy atom. The van der Waals surface area contributed by atoms with Crippen LogP contribution in [0.25, 0.3) is 0 Å². The Labute approximate surface area is 109 Å². The summed E-state index contributed by atoms with van der Waals surface area (Å²) in [6, 6.07) is 0.614. The lowest BCUT2D eigenvalue weighted by Gasteiger charge is -2.14. The van der Waals surface area contributed by atoms with E-state index in [1.54, 1.807) is 0 Å². The van der Waals surface area contributed by atoms with Crippen LogP contribution in [-0.4, -0.2) is 25.7 Å². The number of rotatable bonds is 13. The Hall–Kier alpha value is -0.0800. The third-order valence-electron chi connectivity index (χ3n) is 3.18. The van der Waals surface area contributed by atoms with Gasteiger partial charge in [0.05, 0.1) is 0 Å². The first kappa shape index (κ1) is 16.9. The highest BCUT2D eigenvalue weighted by Crippen LogP contribution is 1.98. The zero-order chi connectivity index (χ0) is 12.8. The van der Waals surface area contributed by atoms with E-state index in [0.29, 0.717) is 6.04 Å². The summed E-state index contributed by atoms with van der Waals surface area (Å²) in [5, 5.41) is 7.11. The second-order valence-corrected chi connectivity index (χ2v) is 5.18. The quantitative estimate of drug-likeness (QED) is 0.481. The van der Waals surface area contributed by atoms with Crippen molar-refractivity contribution in [2.45, 2.75) is 78.2 Å². The molecule has 0 amide bonds. The molecule has 2 heteroatoms. The Morgan fingerprint density at radius 1 is 0.765 bits per heavy atom. The number of nitrogens with one attached hydrogen (secondary N) is 2. The van der Waals surface area contributed by atoms with Gasteiger partial charge in [0.1, 0.15) is 0 Å².